The molecule has 25 heavy (non-hydrogen) atoms. The second-order valence-electron chi connectivity index (χ2n) is 6.63. The molecule has 0 aromatic heterocycles. The second-order valence-corrected chi connectivity index (χ2v) is 6.63. The predicted octanol–water partition coefficient (Wildman–Crippen LogP) is 1.31. The number of anilines is 1. The second kappa shape index (κ2) is 7.48. The van der Waals surface area contributed by atoms with E-state index in [-0.39, 0.29) is 24.8 Å². The third-order valence-corrected chi connectivity index (χ3v) is 3.76. The van der Waals surface area contributed by atoms with Crippen LogP contribution in [0.3, 0.4) is 0 Å². The van der Waals surface area contributed by atoms with Crippen LogP contribution in [0.4, 0.5) is 5.69 Å². The zero-order valence-electron chi connectivity index (χ0n) is 14.5. The number of hydrogen-bond donors (Lipinski definition) is 2. The van der Waals surface area contributed by atoms with Gasteiger partial charge in [-0.2, -0.15) is 0 Å². The molecule has 7 nitrogen and oxygen atoms in total. The number of carbonyl (C=O) groups is 3. The van der Waals surface area contributed by atoms with Gasteiger partial charge in [0.1, 0.15) is 0 Å². The molecule has 0 aliphatic carbocycles. The molecule has 0 radical (unpaired) electrons. The zero-order chi connectivity index (χ0) is 18.6. The van der Waals surface area contributed by atoms with Crippen molar-refractivity contribution >= 4 is 23.4 Å². The van der Waals surface area contributed by atoms with E-state index in [1.165, 1.54) is 0 Å². The molecular formula is C18H23N3O4. The lowest BCUT2D eigenvalue weighted by atomic mass is 10.0. The van der Waals surface area contributed by atoms with E-state index in [4.69, 9.17) is 10.5 Å². The van der Waals surface area contributed by atoms with Crippen molar-refractivity contribution in [2.45, 2.75) is 32.0 Å². The Morgan fingerprint density at radius 1 is 1.44 bits per heavy atom. The molecule has 0 bridgehead atoms. The third-order valence-electron chi connectivity index (χ3n) is 3.76. The van der Waals surface area contributed by atoms with Gasteiger partial charge < -0.3 is 20.7 Å². The fourth-order valence-electron chi connectivity index (χ4n) is 2.89. The number of nitrogens with one attached hydrogen (secondary N) is 1. The minimum Gasteiger partial charge on any atom is -0.370 e. The Morgan fingerprint density at radius 2 is 2.16 bits per heavy atom. The number of carbonyl (C=O) groups excluding carboxylic acids is 3. The quantitative estimate of drug-likeness (QED) is 0.786. The molecule has 1 atom stereocenters. The van der Waals surface area contributed by atoms with Gasteiger partial charge in [0.25, 0.3) is 5.91 Å². The molecule has 3 N–H and O–H groups in total. The summed E-state index contributed by atoms with van der Waals surface area (Å²) in [6.45, 7) is 7.80. The van der Waals surface area contributed by atoms with Crippen LogP contribution in [0.2, 0.25) is 0 Å². The Hall–Kier alpha value is -2.67. The van der Waals surface area contributed by atoms with Crippen LogP contribution in [0, 0.1) is 0 Å². The minimum atomic E-state index is -0.581. The Morgan fingerprint density at radius 3 is 2.80 bits per heavy atom. The van der Waals surface area contributed by atoms with E-state index in [2.05, 4.69) is 11.9 Å². The molecule has 1 aromatic rings. The number of nitrogens with zero attached hydrogens (tertiary/aromatic N) is 1. The molecule has 3 amide bonds. The van der Waals surface area contributed by atoms with Crippen molar-refractivity contribution in [1.82, 2.24) is 4.90 Å². The zero-order valence-corrected chi connectivity index (χ0v) is 14.5. The number of nitrogens with two attached hydrogens (primary N) is 1. The van der Waals surface area contributed by atoms with Gasteiger partial charge in [-0.3, -0.25) is 14.4 Å². The SMILES string of the molecule is C=CC(=O)Nc1cccc(C(=O)N2CC(CC(N)=O)OC(C)(C)C2)c1. The van der Waals surface area contributed by atoms with Crippen molar-refractivity contribution in [3.8, 4) is 0 Å². The van der Waals surface area contributed by atoms with Crippen LogP contribution in [0.1, 0.15) is 30.6 Å². The van der Waals surface area contributed by atoms with E-state index >= 15 is 0 Å². The van der Waals surface area contributed by atoms with Crippen molar-refractivity contribution < 1.29 is 19.1 Å². The summed E-state index contributed by atoms with van der Waals surface area (Å²) in [7, 11) is 0. The van der Waals surface area contributed by atoms with Gasteiger partial charge in [-0.05, 0) is 38.1 Å². The molecular weight excluding hydrogens is 322 g/mol. The van der Waals surface area contributed by atoms with Gasteiger partial charge in [0.05, 0.1) is 18.1 Å². The van der Waals surface area contributed by atoms with Crippen LogP contribution in [0.15, 0.2) is 36.9 Å². The maximum Gasteiger partial charge on any atom is 0.254 e. The summed E-state index contributed by atoms with van der Waals surface area (Å²) in [5.41, 5.74) is 5.63. The number of benzene rings is 1. The Labute approximate surface area is 146 Å². The monoisotopic (exact) mass is 345 g/mol. The van der Waals surface area contributed by atoms with Gasteiger partial charge in [-0.15, -0.1) is 0 Å². The maximum atomic E-state index is 12.8. The van der Waals surface area contributed by atoms with Crippen LogP contribution >= 0.6 is 0 Å². The van der Waals surface area contributed by atoms with Crippen molar-refractivity contribution in [3.05, 3.63) is 42.5 Å². The van der Waals surface area contributed by atoms with E-state index < -0.39 is 17.6 Å². The highest BCUT2D eigenvalue weighted by Gasteiger charge is 2.36. The standard InChI is InChI=1S/C18H23N3O4/c1-4-16(23)20-13-7-5-6-12(8-13)17(24)21-10-14(9-15(19)22)25-18(2,3)11-21/h4-8,14H,1,9-11H2,2-3H3,(H2,19,22)(H,20,23). The van der Waals surface area contributed by atoms with Crippen molar-refractivity contribution in [2.24, 2.45) is 5.73 Å². The first-order chi connectivity index (χ1) is 11.7. The molecule has 134 valence electrons. The van der Waals surface area contributed by atoms with Crippen LogP contribution in [0.5, 0.6) is 0 Å². The molecule has 1 fully saturated rings. The number of ether oxygens (including phenoxy) is 1. The van der Waals surface area contributed by atoms with Gasteiger partial charge in [0, 0.05) is 24.3 Å². The molecule has 1 unspecified atom stereocenters. The van der Waals surface area contributed by atoms with E-state index in [0.717, 1.165) is 6.08 Å². The van der Waals surface area contributed by atoms with Crippen molar-refractivity contribution in [3.63, 3.8) is 0 Å². The normalized spacial score (nSPS) is 19.1. The number of hydrogen-bond acceptors (Lipinski definition) is 4. The fraction of sp³-hybridized carbons (Fsp3) is 0.389. The average molecular weight is 345 g/mol. The summed E-state index contributed by atoms with van der Waals surface area (Å²) in [6.07, 6.45) is 0.782. The van der Waals surface area contributed by atoms with Gasteiger partial charge in [-0.1, -0.05) is 12.6 Å². The average Bonchev–Trinajstić information content (AvgIpc) is 2.52. The summed E-state index contributed by atoms with van der Waals surface area (Å²) in [5, 5.41) is 2.63. The van der Waals surface area contributed by atoms with Crippen molar-refractivity contribution in [1.29, 1.82) is 0 Å². The predicted molar refractivity (Wildman–Crippen MR) is 93.9 cm³/mol. The van der Waals surface area contributed by atoms with Gasteiger partial charge in [0.15, 0.2) is 0 Å². The van der Waals surface area contributed by atoms with Crippen LogP contribution in [0.25, 0.3) is 0 Å². The first kappa shape index (κ1) is 18.7. The summed E-state index contributed by atoms with van der Waals surface area (Å²) < 4.78 is 5.83. The molecule has 7 heteroatoms. The van der Waals surface area contributed by atoms with Crippen molar-refractivity contribution in [2.75, 3.05) is 18.4 Å². The van der Waals surface area contributed by atoms with Crippen LogP contribution in [-0.4, -0.2) is 47.4 Å². The lowest BCUT2D eigenvalue weighted by Crippen LogP contribution is -2.55. The molecule has 1 aliphatic heterocycles. The Kier molecular flexibility index (Phi) is 5.58. The van der Waals surface area contributed by atoms with Gasteiger partial charge in [-0.25, -0.2) is 0 Å². The first-order valence-corrected chi connectivity index (χ1v) is 7.99. The summed E-state index contributed by atoms with van der Waals surface area (Å²) in [5.74, 6) is -1.01. The summed E-state index contributed by atoms with van der Waals surface area (Å²) in [6, 6.07) is 6.67. The number of morpholine rings is 1. The van der Waals surface area contributed by atoms with Gasteiger partial charge >= 0.3 is 0 Å². The van der Waals surface area contributed by atoms with Crippen LogP contribution in [-0.2, 0) is 14.3 Å². The largest absolute Gasteiger partial charge is 0.370 e. The molecule has 0 spiro atoms. The molecule has 1 aromatic carbocycles. The fourth-order valence-corrected chi connectivity index (χ4v) is 2.89. The van der Waals surface area contributed by atoms with E-state index in [0.29, 0.717) is 17.8 Å². The Bertz CT molecular complexity index is 699. The summed E-state index contributed by atoms with van der Waals surface area (Å²) >= 11 is 0. The minimum absolute atomic E-state index is 0.0582. The molecule has 2 rings (SSSR count). The smallest absolute Gasteiger partial charge is 0.254 e. The highest BCUT2D eigenvalue weighted by atomic mass is 16.5. The highest BCUT2D eigenvalue weighted by molar-refractivity contribution is 6.00. The topological polar surface area (TPSA) is 102 Å². The lowest BCUT2D eigenvalue weighted by molar-refractivity contribution is -0.141. The lowest BCUT2D eigenvalue weighted by Gasteiger charge is -2.42. The molecule has 0 saturated carbocycles. The van der Waals surface area contributed by atoms with E-state index in [1.807, 2.05) is 13.8 Å². The Balaban J connectivity index is 2.18. The number of amides is 3. The summed E-state index contributed by atoms with van der Waals surface area (Å²) in [4.78, 5) is 37.1. The molecule has 1 heterocycles. The maximum absolute atomic E-state index is 12.8. The van der Waals surface area contributed by atoms with E-state index in [1.54, 1.807) is 29.2 Å². The molecule has 1 saturated heterocycles. The number of primary amides is 1. The van der Waals surface area contributed by atoms with E-state index in [9.17, 15) is 14.4 Å². The number of rotatable bonds is 5. The first-order valence-electron chi connectivity index (χ1n) is 7.99. The molecule has 1 aliphatic rings. The van der Waals surface area contributed by atoms with Gasteiger partial charge in [0.2, 0.25) is 11.8 Å². The van der Waals surface area contributed by atoms with Crippen LogP contribution < -0.4 is 11.1 Å². The third kappa shape index (κ3) is 5.15. The highest BCUT2D eigenvalue weighted by Crippen LogP contribution is 2.24.